The molecule has 1 saturated heterocycles. The minimum absolute atomic E-state index is 0.0960. The molecule has 2 N–H and O–H groups in total. The molecule has 38 heavy (non-hydrogen) atoms. The van der Waals surface area contributed by atoms with E-state index in [1.54, 1.807) is 18.2 Å². The second-order valence-electron chi connectivity index (χ2n) is 8.17. The zero-order chi connectivity index (χ0) is 27.4. The minimum atomic E-state index is -0.949. The molecule has 0 atom stereocenters. The van der Waals surface area contributed by atoms with Gasteiger partial charge < -0.3 is 14.8 Å². The molecule has 1 heterocycles. The third-order valence-electron chi connectivity index (χ3n) is 5.43. The third kappa shape index (κ3) is 5.89. The van der Waals surface area contributed by atoms with E-state index in [0.717, 1.165) is 22.6 Å². The molecule has 0 unspecified atom stereocenters. The molecule has 0 saturated carbocycles. The fraction of sp³-hybridized carbons (Fsp3) is 0.111. The van der Waals surface area contributed by atoms with Gasteiger partial charge in [-0.25, -0.2) is 14.1 Å². The van der Waals surface area contributed by atoms with E-state index in [4.69, 9.17) is 9.47 Å². The monoisotopic (exact) mass is 581 g/mol. The summed E-state index contributed by atoms with van der Waals surface area (Å²) in [6.45, 7) is 1.63. The number of carbonyl (C=O) groups excluding carboxylic acids is 4. The normalized spacial score (nSPS) is 14.4. The Bertz CT molecular complexity index is 1450. The van der Waals surface area contributed by atoms with Crippen molar-refractivity contribution in [3.05, 3.63) is 87.7 Å². The second-order valence-corrected chi connectivity index (χ2v) is 9.03. The van der Waals surface area contributed by atoms with E-state index in [9.17, 15) is 23.6 Å². The number of hydrogen-bond donors (Lipinski definition) is 2. The Labute approximate surface area is 225 Å². The molecular formula is C27H21BrFN3O6. The van der Waals surface area contributed by atoms with E-state index < -0.39 is 23.7 Å². The van der Waals surface area contributed by atoms with Crippen LogP contribution in [0.1, 0.15) is 11.1 Å². The zero-order valence-corrected chi connectivity index (χ0v) is 21.8. The average molecular weight is 582 g/mol. The summed E-state index contributed by atoms with van der Waals surface area (Å²) in [4.78, 5) is 51.0. The molecule has 0 bridgehead atoms. The van der Waals surface area contributed by atoms with Crippen molar-refractivity contribution in [2.75, 3.05) is 23.9 Å². The molecule has 3 aromatic rings. The van der Waals surface area contributed by atoms with Crippen molar-refractivity contribution in [2.45, 2.75) is 6.92 Å². The van der Waals surface area contributed by atoms with Gasteiger partial charge in [0, 0.05) is 5.69 Å². The summed E-state index contributed by atoms with van der Waals surface area (Å²) in [5.74, 6) is -2.24. The highest BCUT2D eigenvalue weighted by Crippen LogP contribution is 2.37. The maximum Gasteiger partial charge on any atom is 0.335 e. The van der Waals surface area contributed by atoms with Crippen LogP contribution in [0, 0.1) is 12.7 Å². The number of hydrogen-bond acceptors (Lipinski definition) is 6. The summed E-state index contributed by atoms with van der Waals surface area (Å²) in [7, 11) is 1.39. The topological polar surface area (TPSA) is 114 Å². The highest BCUT2D eigenvalue weighted by Gasteiger charge is 2.36. The molecule has 1 aliphatic rings. The Hall–Kier alpha value is -4.51. The van der Waals surface area contributed by atoms with Crippen molar-refractivity contribution in [3.63, 3.8) is 0 Å². The van der Waals surface area contributed by atoms with E-state index >= 15 is 0 Å². The number of barbiturate groups is 1. The minimum Gasteiger partial charge on any atom is -0.493 e. The Morgan fingerprint density at radius 2 is 1.76 bits per heavy atom. The van der Waals surface area contributed by atoms with Gasteiger partial charge in [-0.3, -0.25) is 19.7 Å². The van der Waals surface area contributed by atoms with E-state index in [2.05, 4.69) is 26.6 Å². The van der Waals surface area contributed by atoms with Crippen LogP contribution >= 0.6 is 15.9 Å². The first-order valence-electron chi connectivity index (χ1n) is 11.2. The number of benzene rings is 3. The molecule has 0 aliphatic carbocycles. The molecule has 9 nitrogen and oxygen atoms in total. The molecule has 0 aromatic heterocycles. The summed E-state index contributed by atoms with van der Waals surface area (Å²) in [6, 6.07) is 14.1. The number of halogens is 2. The van der Waals surface area contributed by atoms with Crippen LogP contribution in [0.25, 0.3) is 6.08 Å². The van der Waals surface area contributed by atoms with Gasteiger partial charge in [-0.2, -0.15) is 0 Å². The fourth-order valence-electron chi connectivity index (χ4n) is 3.58. The lowest BCUT2D eigenvalue weighted by molar-refractivity contribution is -0.122. The predicted octanol–water partition coefficient (Wildman–Crippen LogP) is 4.59. The Balaban J connectivity index is 1.55. The Kier molecular flexibility index (Phi) is 7.87. The maximum absolute atomic E-state index is 13.3. The van der Waals surface area contributed by atoms with Crippen LogP contribution in [0.15, 0.2) is 70.7 Å². The summed E-state index contributed by atoms with van der Waals surface area (Å²) in [5.41, 5.74) is 1.83. The highest BCUT2D eigenvalue weighted by molar-refractivity contribution is 9.10. The quantitative estimate of drug-likeness (QED) is 0.311. The van der Waals surface area contributed by atoms with Gasteiger partial charge in [-0.1, -0.05) is 17.7 Å². The molecular weight excluding hydrogens is 561 g/mol. The zero-order valence-electron chi connectivity index (χ0n) is 20.2. The first-order valence-corrected chi connectivity index (χ1v) is 12.0. The molecule has 1 aliphatic heterocycles. The number of nitrogens with one attached hydrogen (secondary N) is 2. The van der Waals surface area contributed by atoms with E-state index in [1.807, 2.05) is 19.1 Å². The predicted molar refractivity (Wildman–Crippen MR) is 141 cm³/mol. The van der Waals surface area contributed by atoms with Crippen LogP contribution in [-0.2, 0) is 14.4 Å². The van der Waals surface area contributed by atoms with E-state index in [0.29, 0.717) is 15.7 Å². The summed E-state index contributed by atoms with van der Waals surface area (Å²) >= 11 is 3.37. The first-order chi connectivity index (χ1) is 18.2. The Morgan fingerprint density at radius 1 is 1.08 bits per heavy atom. The standard InChI is InChI=1S/C27H21BrFN3O6/c1-15-3-7-18(8-4-15)30-23(33)14-38-24-21(28)12-16(13-22(24)37-2)11-20-25(34)31-27(36)32(26(20)35)19-9-5-17(29)6-10-19/h3-13H,14H2,1-2H3,(H,30,33)(H,31,34,36)/b20-11+. The van der Waals surface area contributed by atoms with Gasteiger partial charge in [0.25, 0.3) is 17.7 Å². The number of ether oxygens (including phenoxy) is 2. The van der Waals surface area contributed by atoms with Crippen LogP contribution in [0.5, 0.6) is 11.5 Å². The summed E-state index contributed by atoms with van der Waals surface area (Å²) < 4.78 is 24.8. The lowest BCUT2D eigenvalue weighted by Crippen LogP contribution is -2.54. The number of amides is 5. The van der Waals surface area contributed by atoms with Gasteiger partial charge in [0.15, 0.2) is 18.1 Å². The molecule has 5 amide bonds. The van der Waals surface area contributed by atoms with Gasteiger partial charge in [0.1, 0.15) is 11.4 Å². The number of anilines is 2. The number of carbonyl (C=O) groups is 4. The van der Waals surface area contributed by atoms with Crippen LogP contribution in [0.4, 0.5) is 20.6 Å². The smallest absolute Gasteiger partial charge is 0.335 e. The number of urea groups is 1. The SMILES string of the molecule is COc1cc(/C=C2\C(=O)NC(=O)N(c3ccc(F)cc3)C2=O)cc(Br)c1OCC(=O)Nc1ccc(C)cc1. The molecule has 4 rings (SSSR count). The molecule has 3 aromatic carbocycles. The van der Waals surface area contributed by atoms with Gasteiger partial charge in [0.2, 0.25) is 0 Å². The second kappa shape index (κ2) is 11.3. The lowest BCUT2D eigenvalue weighted by atomic mass is 10.1. The maximum atomic E-state index is 13.3. The largest absolute Gasteiger partial charge is 0.493 e. The van der Waals surface area contributed by atoms with Crippen molar-refractivity contribution < 1.29 is 33.0 Å². The number of imide groups is 2. The van der Waals surface area contributed by atoms with Crippen molar-refractivity contribution in [3.8, 4) is 11.5 Å². The van der Waals surface area contributed by atoms with E-state index in [1.165, 1.54) is 31.4 Å². The summed E-state index contributed by atoms with van der Waals surface area (Å²) in [5, 5.41) is 4.84. The first kappa shape index (κ1) is 26.6. The van der Waals surface area contributed by atoms with Crippen molar-refractivity contribution in [2.24, 2.45) is 0 Å². The summed E-state index contributed by atoms with van der Waals surface area (Å²) in [6.07, 6.45) is 1.28. The Morgan fingerprint density at radius 3 is 2.42 bits per heavy atom. The molecule has 0 spiro atoms. The van der Waals surface area contributed by atoms with E-state index in [-0.39, 0.29) is 35.3 Å². The van der Waals surface area contributed by atoms with Crippen LogP contribution in [0.3, 0.4) is 0 Å². The van der Waals surface area contributed by atoms with Gasteiger partial charge in [-0.05, 0) is 83.0 Å². The van der Waals surface area contributed by atoms with Gasteiger partial charge >= 0.3 is 6.03 Å². The molecule has 194 valence electrons. The average Bonchev–Trinajstić information content (AvgIpc) is 2.88. The molecule has 11 heteroatoms. The lowest BCUT2D eigenvalue weighted by Gasteiger charge is -2.26. The van der Waals surface area contributed by atoms with Gasteiger partial charge in [-0.15, -0.1) is 0 Å². The van der Waals surface area contributed by atoms with Crippen molar-refractivity contribution in [1.29, 1.82) is 0 Å². The number of rotatable bonds is 7. The number of methoxy groups -OCH3 is 1. The number of aryl methyl sites for hydroxylation is 1. The third-order valence-corrected chi connectivity index (χ3v) is 6.02. The number of nitrogens with zero attached hydrogens (tertiary/aromatic N) is 1. The van der Waals surface area contributed by atoms with Gasteiger partial charge in [0.05, 0.1) is 17.3 Å². The highest BCUT2D eigenvalue weighted by atomic mass is 79.9. The fourth-order valence-corrected chi connectivity index (χ4v) is 4.16. The van der Waals surface area contributed by atoms with Crippen LogP contribution in [0.2, 0.25) is 0 Å². The molecule has 0 radical (unpaired) electrons. The van der Waals surface area contributed by atoms with Crippen LogP contribution < -0.4 is 25.0 Å². The van der Waals surface area contributed by atoms with Crippen LogP contribution in [-0.4, -0.2) is 37.5 Å². The molecule has 1 fully saturated rings. The van der Waals surface area contributed by atoms with Crippen molar-refractivity contribution in [1.82, 2.24) is 5.32 Å². The van der Waals surface area contributed by atoms with Crippen molar-refractivity contribution >= 4 is 57.1 Å².